The third kappa shape index (κ3) is 7.55. The largest absolute Gasteiger partial charge is 0.465 e. The monoisotopic (exact) mass is 191 g/mol. The van der Waals surface area contributed by atoms with Gasteiger partial charge in [0.1, 0.15) is 0 Å². The van der Waals surface area contributed by atoms with Crippen LogP contribution < -0.4 is 5.32 Å². The molecule has 0 aromatic carbocycles. The molecule has 0 aromatic heterocycles. The number of amides is 1. The lowest BCUT2D eigenvalue weighted by atomic mass is 10.2. The molecule has 0 heterocycles. The van der Waals surface area contributed by atoms with E-state index in [0.717, 1.165) is 0 Å². The number of aliphatic hydroxyl groups excluding tert-OH is 1. The summed E-state index contributed by atoms with van der Waals surface area (Å²) in [6.45, 7) is 5.50. The molecule has 0 radical (unpaired) electrons. The first-order valence-electron chi connectivity index (χ1n) is 4.09. The summed E-state index contributed by atoms with van der Waals surface area (Å²) in [6, 6.07) is -0.559. The van der Waals surface area contributed by atoms with Crippen LogP contribution in [0.5, 0.6) is 0 Å². The lowest BCUT2D eigenvalue weighted by Crippen LogP contribution is -2.41. The summed E-state index contributed by atoms with van der Waals surface area (Å²) in [6.07, 6.45) is -1.16. The van der Waals surface area contributed by atoms with Gasteiger partial charge in [-0.1, -0.05) is 0 Å². The summed E-state index contributed by atoms with van der Waals surface area (Å²) < 4.78 is 5.30. The molecule has 1 atom stereocenters. The van der Waals surface area contributed by atoms with E-state index in [2.05, 4.69) is 5.32 Å². The van der Waals surface area contributed by atoms with Crippen molar-refractivity contribution in [2.45, 2.75) is 32.4 Å². The van der Waals surface area contributed by atoms with Gasteiger partial charge in [-0.3, -0.25) is 0 Å². The van der Waals surface area contributed by atoms with Crippen LogP contribution in [0.15, 0.2) is 0 Å². The van der Waals surface area contributed by atoms with E-state index >= 15 is 0 Å². The Balaban J connectivity index is 3.79. The summed E-state index contributed by atoms with van der Waals surface area (Å²) in [4.78, 5) is 10.2. The molecule has 0 aliphatic carbocycles. The molecule has 1 unspecified atom stereocenters. The van der Waals surface area contributed by atoms with Gasteiger partial charge in [0.05, 0.1) is 24.9 Å². The van der Waals surface area contributed by atoms with Gasteiger partial charge >= 0.3 is 6.09 Å². The molecule has 0 bridgehead atoms. The highest BCUT2D eigenvalue weighted by atomic mass is 16.5. The number of rotatable bonds is 4. The number of aliphatic hydroxyl groups is 1. The molecule has 0 saturated carbocycles. The van der Waals surface area contributed by atoms with Crippen LogP contribution >= 0.6 is 0 Å². The van der Waals surface area contributed by atoms with Crippen molar-refractivity contribution in [2.24, 2.45) is 0 Å². The van der Waals surface area contributed by atoms with Crippen molar-refractivity contribution >= 4 is 6.09 Å². The number of carboxylic acid groups (broad SMARTS) is 1. The maximum absolute atomic E-state index is 10.2. The van der Waals surface area contributed by atoms with E-state index in [-0.39, 0.29) is 18.8 Å². The molecule has 1 amide bonds. The van der Waals surface area contributed by atoms with Crippen LogP contribution in [0, 0.1) is 0 Å². The molecular weight excluding hydrogens is 174 g/mol. The average Bonchev–Trinajstić information content (AvgIpc) is 1.95. The number of nitrogens with one attached hydrogen (secondary N) is 1. The number of hydrogen-bond donors (Lipinski definition) is 3. The third-order valence-electron chi connectivity index (χ3n) is 1.27. The zero-order valence-electron chi connectivity index (χ0n) is 8.20. The summed E-state index contributed by atoms with van der Waals surface area (Å²) in [5.74, 6) is 0. The van der Waals surface area contributed by atoms with Crippen LogP contribution in [0.3, 0.4) is 0 Å². The second-order valence-corrected chi connectivity index (χ2v) is 3.75. The van der Waals surface area contributed by atoms with Gasteiger partial charge in [-0.05, 0) is 20.8 Å². The highest BCUT2D eigenvalue weighted by Crippen LogP contribution is 2.06. The molecule has 0 fully saturated rings. The highest BCUT2D eigenvalue weighted by Gasteiger charge is 2.15. The fourth-order valence-corrected chi connectivity index (χ4v) is 0.665. The zero-order chi connectivity index (χ0) is 10.5. The fraction of sp³-hybridized carbons (Fsp3) is 0.875. The maximum Gasteiger partial charge on any atom is 0.405 e. The SMILES string of the molecule is CC(C)(C)OCC(CO)NC(=O)O. The van der Waals surface area contributed by atoms with E-state index in [1.165, 1.54) is 0 Å². The average molecular weight is 191 g/mol. The minimum Gasteiger partial charge on any atom is -0.465 e. The fourth-order valence-electron chi connectivity index (χ4n) is 0.665. The van der Waals surface area contributed by atoms with Gasteiger partial charge in [-0.25, -0.2) is 4.79 Å². The summed E-state index contributed by atoms with van der Waals surface area (Å²) in [5, 5.41) is 19.3. The Hall–Kier alpha value is -0.810. The molecule has 5 heteroatoms. The lowest BCUT2D eigenvalue weighted by Gasteiger charge is -2.23. The third-order valence-corrected chi connectivity index (χ3v) is 1.27. The van der Waals surface area contributed by atoms with Crippen LogP contribution in [-0.4, -0.2) is 41.2 Å². The Labute approximate surface area is 77.7 Å². The van der Waals surface area contributed by atoms with Crippen molar-refractivity contribution in [2.75, 3.05) is 13.2 Å². The molecule has 0 aromatic rings. The van der Waals surface area contributed by atoms with Gasteiger partial charge in [0.2, 0.25) is 0 Å². The van der Waals surface area contributed by atoms with Crippen molar-refractivity contribution in [1.29, 1.82) is 0 Å². The molecule has 0 rings (SSSR count). The van der Waals surface area contributed by atoms with E-state index < -0.39 is 12.1 Å². The predicted octanol–water partition coefficient (Wildman–Crippen LogP) is 0.430. The van der Waals surface area contributed by atoms with Gasteiger partial charge in [0.25, 0.3) is 0 Å². The number of carbonyl (C=O) groups is 1. The van der Waals surface area contributed by atoms with Crippen LogP contribution in [-0.2, 0) is 4.74 Å². The van der Waals surface area contributed by atoms with Gasteiger partial charge in [-0.15, -0.1) is 0 Å². The van der Waals surface area contributed by atoms with Crippen molar-refractivity contribution < 1.29 is 19.7 Å². The summed E-state index contributed by atoms with van der Waals surface area (Å²) >= 11 is 0. The van der Waals surface area contributed by atoms with Gasteiger partial charge < -0.3 is 20.3 Å². The predicted molar refractivity (Wildman–Crippen MR) is 47.7 cm³/mol. The van der Waals surface area contributed by atoms with E-state index in [4.69, 9.17) is 14.9 Å². The number of ether oxygens (including phenoxy) is 1. The van der Waals surface area contributed by atoms with E-state index in [1.54, 1.807) is 0 Å². The standard InChI is InChI=1S/C8H17NO4/c1-8(2,3)13-5-6(4-10)9-7(11)12/h6,9-10H,4-5H2,1-3H3,(H,11,12). The zero-order valence-corrected chi connectivity index (χ0v) is 8.20. The van der Waals surface area contributed by atoms with E-state index in [1.807, 2.05) is 20.8 Å². The Morgan fingerprint density at radius 2 is 2.08 bits per heavy atom. The normalized spacial score (nSPS) is 13.8. The van der Waals surface area contributed by atoms with E-state index in [9.17, 15) is 4.79 Å². The second-order valence-electron chi connectivity index (χ2n) is 3.75. The van der Waals surface area contributed by atoms with Crippen LogP contribution in [0.1, 0.15) is 20.8 Å². The first-order valence-corrected chi connectivity index (χ1v) is 4.09. The van der Waals surface area contributed by atoms with Gasteiger partial charge in [0, 0.05) is 0 Å². The molecular formula is C8H17NO4. The summed E-state index contributed by atoms with van der Waals surface area (Å²) in [5.41, 5.74) is -0.326. The Morgan fingerprint density at radius 1 is 1.54 bits per heavy atom. The molecule has 5 nitrogen and oxygen atoms in total. The minimum atomic E-state index is -1.16. The molecule has 0 aliphatic heterocycles. The van der Waals surface area contributed by atoms with Gasteiger partial charge in [-0.2, -0.15) is 0 Å². The minimum absolute atomic E-state index is 0.173. The van der Waals surface area contributed by atoms with Crippen molar-refractivity contribution in [1.82, 2.24) is 5.32 Å². The van der Waals surface area contributed by atoms with Gasteiger partial charge in [0.15, 0.2) is 0 Å². The quantitative estimate of drug-likeness (QED) is 0.602. The van der Waals surface area contributed by atoms with E-state index in [0.29, 0.717) is 0 Å². The van der Waals surface area contributed by atoms with Crippen molar-refractivity contribution in [3.05, 3.63) is 0 Å². The van der Waals surface area contributed by atoms with Crippen molar-refractivity contribution in [3.8, 4) is 0 Å². The smallest absolute Gasteiger partial charge is 0.405 e. The number of hydrogen-bond acceptors (Lipinski definition) is 3. The summed E-state index contributed by atoms with van der Waals surface area (Å²) in [7, 11) is 0. The Bertz CT molecular complexity index is 164. The van der Waals surface area contributed by atoms with Crippen LogP contribution in [0.25, 0.3) is 0 Å². The first-order chi connectivity index (χ1) is 5.85. The van der Waals surface area contributed by atoms with Crippen LogP contribution in [0.4, 0.5) is 4.79 Å². The Morgan fingerprint density at radius 3 is 2.38 bits per heavy atom. The van der Waals surface area contributed by atoms with Crippen LogP contribution in [0.2, 0.25) is 0 Å². The second kappa shape index (κ2) is 5.04. The topological polar surface area (TPSA) is 78.8 Å². The first kappa shape index (κ1) is 12.2. The molecule has 78 valence electrons. The molecule has 0 spiro atoms. The van der Waals surface area contributed by atoms with Crippen molar-refractivity contribution in [3.63, 3.8) is 0 Å². The molecule has 13 heavy (non-hydrogen) atoms. The molecule has 3 N–H and O–H groups in total. The maximum atomic E-state index is 10.2. The molecule has 0 aliphatic rings. The highest BCUT2D eigenvalue weighted by molar-refractivity contribution is 5.64. The Kier molecular flexibility index (Phi) is 4.72. The molecule has 0 saturated heterocycles. The lowest BCUT2D eigenvalue weighted by molar-refractivity contribution is -0.0206.